The number of morpholine rings is 1. The normalized spacial score (nSPS) is 20.1. The van der Waals surface area contributed by atoms with Gasteiger partial charge >= 0.3 is 0 Å². The summed E-state index contributed by atoms with van der Waals surface area (Å²) in [4.78, 5) is 6.36. The third-order valence-corrected chi connectivity index (χ3v) is 2.41. The smallest absolute Gasteiger partial charge is 0.192 e. The molecule has 4 nitrogen and oxygen atoms in total. The maximum absolute atomic E-state index is 5.89. The zero-order chi connectivity index (χ0) is 11.3. The maximum atomic E-state index is 5.89. The molecule has 1 rings (SSSR count). The Morgan fingerprint density at radius 2 is 2.07 bits per heavy atom. The van der Waals surface area contributed by atoms with E-state index in [-0.39, 0.29) is 6.04 Å². The molecule has 1 heterocycles. The predicted molar refractivity (Wildman–Crippen MR) is 61.5 cm³/mol. The third-order valence-electron chi connectivity index (χ3n) is 2.41. The van der Waals surface area contributed by atoms with Crippen molar-refractivity contribution in [1.29, 1.82) is 0 Å². The van der Waals surface area contributed by atoms with Gasteiger partial charge in [-0.25, -0.2) is 4.99 Å². The molecule has 0 amide bonds. The molecule has 1 fully saturated rings. The summed E-state index contributed by atoms with van der Waals surface area (Å²) >= 11 is 0. The number of aliphatic imine (C=N–C) groups is 1. The van der Waals surface area contributed by atoms with E-state index in [1.54, 1.807) is 0 Å². The van der Waals surface area contributed by atoms with E-state index in [2.05, 4.69) is 10.9 Å². The van der Waals surface area contributed by atoms with Gasteiger partial charge in [0.1, 0.15) is 6.04 Å². The molecular formula is C11H19N3O. The van der Waals surface area contributed by atoms with Gasteiger partial charge in [0.2, 0.25) is 0 Å². The highest BCUT2D eigenvalue weighted by atomic mass is 16.5. The van der Waals surface area contributed by atoms with Crippen molar-refractivity contribution in [2.75, 3.05) is 26.3 Å². The van der Waals surface area contributed by atoms with Gasteiger partial charge < -0.3 is 15.4 Å². The van der Waals surface area contributed by atoms with Crippen molar-refractivity contribution in [3.8, 4) is 12.3 Å². The molecule has 1 saturated heterocycles. The lowest BCUT2D eigenvalue weighted by molar-refractivity contribution is 0.0673. The van der Waals surface area contributed by atoms with Crippen LogP contribution in [0.2, 0.25) is 0 Å². The van der Waals surface area contributed by atoms with Gasteiger partial charge in [-0.15, -0.1) is 6.42 Å². The molecule has 0 aromatic rings. The topological polar surface area (TPSA) is 50.8 Å². The number of guanidine groups is 1. The van der Waals surface area contributed by atoms with Crippen LogP contribution in [0.5, 0.6) is 0 Å². The van der Waals surface area contributed by atoms with Gasteiger partial charge in [-0.3, -0.25) is 0 Å². The molecule has 0 aromatic heterocycles. The van der Waals surface area contributed by atoms with Crippen molar-refractivity contribution >= 4 is 5.96 Å². The van der Waals surface area contributed by atoms with Crippen molar-refractivity contribution < 1.29 is 4.74 Å². The second-order valence-corrected chi connectivity index (χ2v) is 3.94. The van der Waals surface area contributed by atoms with Gasteiger partial charge in [0.15, 0.2) is 5.96 Å². The summed E-state index contributed by atoms with van der Waals surface area (Å²) in [5.74, 6) is 3.50. The van der Waals surface area contributed by atoms with E-state index in [0.717, 1.165) is 13.1 Å². The van der Waals surface area contributed by atoms with Crippen LogP contribution in [-0.2, 0) is 4.74 Å². The monoisotopic (exact) mass is 209 g/mol. The second kappa shape index (κ2) is 5.62. The number of hydrogen-bond acceptors (Lipinski definition) is 2. The van der Waals surface area contributed by atoms with E-state index in [1.165, 1.54) is 0 Å². The van der Waals surface area contributed by atoms with E-state index >= 15 is 0 Å². The molecule has 84 valence electrons. The first-order valence-corrected chi connectivity index (χ1v) is 5.27. The van der Waals surface area contributed by atoms with E-state index < -0.39 is 0 Å². The first-order valence-electron chi connectivity index (χ1n) is 5.27. The lowest BCUT2D eigenvalue weighted by Gasteiger charge is -2.28. The van der Waals surface area contributed by atoms with Crippen LogP contribution in [0.25, 0.3) is 0 Å². The fraction of sp³-hybridized carbons (Fsp3) is 0.727. The Balaban J connectivity index is 2.60. The first kappa shape index (κ1) is 11.9. The molecule has 15 heavy (non-hydrogen) atoms. The molecular weight excluding hydrogens is 190 g/mol. The van der Waals surface area contributed by atoms with Crippen molar-refractivity contribution in [3.05, 3.63) is 0 Å². The summed E-state index contributed by atoms with van der Waals surface area (Å²) in [6, 6.07) is -0.132. The maximum Gasteiger partial charge on any atom is 0.192 e. The Bertz CT molecular complexity index is 261. The van der Waals surface area contributed by atoms with E-state index in [0.29, 0.717) is 25.1 Å². The summed E-state index contributed by atoms with van der Waals surface area (Å²) in [5, 5.41) is 0. The standard InChI is InChI=1S/C11H19N3O/c1-4-10(9(2)3)13-11(12)14-5-7-15-8-6-14/h1,9-10H,5-8H2,2-3H3,(H2,12,13). The molecule has 1 atom stereocenters. The van der Waals surface area contributed by atoms with Crippen LogP contribution in [0.4, 0.5) is 0 Å². The number of nitrogens with two attached hydrogens (primary N) is 1. The fourth-order valence-electron chi connectivity index (χ4n) is 1.40. The molecule has 0 bridgehead atoms. The Morgan fingerprint density at radius 3 is 2.53 bits per heavy atom. The molecule has 0 radical (unpaired) electrons. The number of rotatable bonds is 2. The number of hydrogen-bond donors (Lipinski definition) is 1. The van der Waals surface area contributed by atoms with E-state index in [4.69, 9.17) is 16.9 Å². The zero-order valence-corrected chi connectivity index (χ0v) is 9.44. The molecule has 0 aliphatic carbocycles. The van der Waals surface area contributed by atoms with Crippen molar-refractivity contribution in [3.63, 3.8) is 0 Å². The van der Waals surface area contributed by atoms with Gasteiger partial charge in [-0.1, -0.05) is 19.8 Å². The van der Waals surface area contributed by atoms with Crippen molar-refractivity contribution in [2.45, 2.75) is 19.9 Å². The molecule has 0 saturated carbocycles. The molecule has 0 spiro atoms. The SMILES string of the molecule is C#CC(N=C(N)N1CCOCC1)C(C)C. The Morgan fingerprint density at radius 1 is 1.47 bits per heavy atom. The van der Waals surface area contributed by atoms with Crippen LogP contribution in [0.15, 0.2) is 4.99 Å². The predicted octanol–water partition coefficient (Wildman–Crippen LogP) is 0.291. The Labute approximate surface area is 91.5 Å². The van der Waals surface area contributed by atoms with Crippen LogP contribution in [0.1, 0.15) is 13.8 Å². The Hall–Kier alpha value is -1.21. The molecule has 0 aromatic carbocycles. The van der Waals surface area contributed by atoms with Crippen LogP contribution in [0, 0.1) is 18.3 Å². The minimum atomic E-state index is -0.132. The Kier molecular flexibility index (Phi) is 4.44. The van der Waals surface area contributed by atoms with Crippen molar-refractivity contribution in [1.82, 2.24) is 4.90 Å². The third kappa shape index (κ3) is 3.45. The molecule has 1 unspecified atom stereocenters. The quantitative estimate of drug-likeness (QED) is 0.404. The number of ether oxygens (including phenoxy) is 1. The van der Waals surface area contributed by atoms with E-state index in [9.17, 15) is 0 Å². The largest absolute Gasteiger partial charge is 0.378 e. The highest BCUT2D eigenvalue weighted by molar-refractivity contribution is 5.78. The van der Waals surface area contributed by atoms with E-state index in [1.807, 2.05) is 18.7 Å². The summed E-state index contributed by atoms with van der Waals surface area (Å²) < 4.78 is 5.24. The highest BCUT2D eigenvalue weighted by Gasteiger charge is 2.15. The molecule has 2 N–H and O–H groups in total. The minimum Gasteiger partial charge on any atom is -0.378 e. The second-order valence-electron chi connectivity index (χ2n) is 3.94. The lowest BCUT2D eigenvalue weighted by atomic mass is 10.1. The molecule has 1 aliphatic heterocycles. The van der Waals surface area contributed by atoms with Gasteiger partial charge in [-0.05, 0) is 5.92 Å². The number of terminal acetylenes is 1. The van der Waals surface area contributed by atoms with Crippen LogP contribution in [-0.4, -0.2) is 43.2 Å². The molecule has 4 heteroatoms. The van der Waals surface area contributed by atoms with Crippen LogP contribution in [0.3, 0.4) is 0 Å². The summed E-state index contributed by atoms with van der Waals surface area (Å²) in [5.41, 5.74) is 5.89. The lowest BCUT2D eigenvalue weighted by Crippen LogP contribution is -2.45. The summed E-state index contributed by atoms with van der Waals surface area (Å²) in [6.07, 6.45) is 5.40. The minimum absolute atomic E-state index is 0.132. The van der Waals surface area contributed by atoms with Crippen LogP contribution < -0.4 is 5.73 Å². The van der Waals surface area contributed by atoms with Crippen LogP contribution >= 0.6 is 0 Å². The molecule has 1 aliphatic rings. The highest BCUT2D eigenvalue weighted by Crippen LogP contribution is 2.06. The average molecular weight is 209 g/mol. The average Bonchev–Trinajstić information content (AvgIpc) is 2.26. The van der Waals surface area contributed by atoms with Gasteiger partial charge in [0.05, 0.1) is 13.2 Å². The fourth-order valence-corrected chi connectivity index (χ4v) is 1.40. The van der Waals surface area contributed by atoms with Gasteiger partial charge in [0.25, 0.3) is 0 Å². The zero-order valence-electron chi connectivity index (χ0n) is 9.44. The first-order chi connectivity index (χ1) is 7.15. The van der Waals surface area contributed by atoms with Gasteiger partial charge in [0, 0.05) is 13.1 Å². The number of nitrogens with zero attached hydrogens (tertiary/aromatic N) is 2. The van der Waals surface area contributed by atoms with Gasteiger partial charge in [-0.2, -0.15) is 0 Å². The van der Waals surface area contributed by atoms with Crippen molar-refractivity contribution in [2.24, 2.45) is 16.6 Å². The summed E-state index contributed by atoms with van der Waals surface area (Å²) in [6.45, 7) is 7.09. The summed E-state index contributed by atoms with van der Waals surface area (Å²) in [7, 11) is 0.